The largest absolute Gasteiger partial charge is 0.367 e. The number of hydrogen-bond donors (Lipinski definition) is 2. The maximum absolute atomic E-state index is 12.4. The third-order valence-electron chi connectivity index (χ3n) is 2.78. The molecule has 0 aliphatic rings. The Morgan fingerprint density at radius 3 is 2.35 bits per heavy atom. The molecule has 0 spiro atoms. The molecule has 0 aliphatic heterocycles. The molecule has 1 aromatic carbocycles. The molecule has 1 heterocycles. The van der Waals surface area contributed by atoms with E-state index in [-0.39, 0.29) is 15.9 Å². The quantitative estimate of drug-likeness (QED) is 0.369. The van der Waals surface area contributed by atoms with E-state index in [1.165, 1.54) is 18.2 Å². The van der Waals surface area contributed by atoms with Gasteiger partial charge in [0.05, 0.1) is 5.02 Å². The highest BCUT2D eigenvalue weighted by atomic mass is 35.5. The van der Waals surface area contributed by atoms with Gasteiger partial charge >= 0.3 is 0 Å². The normalized spacial score (nSPS) is 12.3. The molecule has 0 atom stereocenters. The Morgan fingerprint density at radius 2 is 1.78 bits per heavy atom. The third kappa shape index (κ3) is 3.76. The molecule has 0 radical (unpaired) electrons. The van der Waals surface area contributed by atoms with Gasteiger partial charge in [-0.1, -0.05) is 23.7 Å². The Bertz CT molecular complexity index is 848. The number of benzene rings is 1. The number of nitrogens with two attached hydrogens (primary N) is 2. The molecule has 0 fully saturated rings. The smallest absolute Gasteiger partial charge is 0.281 e. The van der Waals surface area contributed by atoms with Crippen LogP contribution >= 0.6 is 11.6 Å². The molecule has 8 nitrogen and oxygen atoms in total. The molecule has 0 unspecified atom stereocenters. The summed E-state index contributed by atoms with van der Waals surface area (Å²) in [6.45, 7) is 3.51. The first-order chi connectivity index (χ1) is 10.7. The highest BCUT2D eigenvalue weighted by Gasteiger charge is 2.26. The van der Waals surface area contributed by atoms with Crippen LogP contribution < -0.4 is 11.6 Å². The summed E-state index contributed by atoms with van der Waals surface area (Å²) in [6, 6.07) is 7.62. The van der Waals surface area contributed by atoms with Crippen LogP contribution in [0.15, 0.2) is 40.2 Å². The van der Waals surface area contributed by atoms with Gasteiger partial charge in [-0.15, -0.1) is 0 Å². The molecule has 2 rings (SSSR count). The van der Waals surface area contributed by atoms with Crippen LogP contribution in [-0.2, 0) is 10.0 Å². The van der Waals surface area contributed by atoms with Crippen molar-refractivity contribution in [1.29, 1.82) is 0 Å². The minimum absolute atomic E-state index is 0.0183. The topological polar surface area (TPSA) is 128 Å². The molecule has 23 heavy (non-hydrogen) atoms. The predicted molar refractivity (Wildman–Crippen MR) is 87.5 cm³/mol. The molecule has 0 saturated carbocycles. The number of halogens is 1. The van der Waals surface area contributed by atoms with Gasteiger partial charge in [0.1, 0.15) is 4.90 Å². The van der Waals surface area contributed by atoms with E-state index in [9.17, 15) is 8.42 Å². The summed E-state index contributed by atoms with van der Waals surface area (Å²) in [5.74, 6) is 5.14. The van der Waals surface area contributed by atoms with Gasteiger partial charge in [-0.2, -0.15) is 17.8 Å². The van der Waals surface area contributed by atoms with Crippen LogP contribution in [-0.4, -0.2) is 28.8 Å². The summed E-state index contributed by atoms with van der Waals surface area (Å²) < 4.78 is 25.2. The van der Waals surface area contributed by atoms with Crippen LogP contribution in [0.2, 0.25) is 5.02 Å². The van der Waals surface area contributed by atoms with Crippen molar-refractivity contribution in [3.05, 3.63) is 46.7 Å². The second-order valence-corrected chi connectivity index (χ2v) is 6.84. The highest BCUT2D eigenvalue weighted by Crippen LogP contribution is 2.22. The second kappa shape index (κ2) is 6.49. The van der Waals surface area contributed by atoms with Crippen molar-refractivity contribution in [1.82, 2.24) is 14.4 Å². The molecular weight excluding hydrogens is 340 g/mol. The van der Waals surface area contributed by atoms with Crippen molar-refractivity contribution in [2.45, 2.75) is 18.7 Å². The summed E-state index contributed by atoms with van der Waals surface area (Å²) in [6.07, 6.45) is 0. The Balaban J connectivity index is 2.40. The fourth-order valence-corrected chi connectivity index (χ4v) is 3.28. The summed E-state index contributed by atoms with van der Waals surface area (Å²) in [7, 11) is -4.14. The van der Waals surface area contributed by atoms with Crippen LogP contribution in [0.1, 0.15) is 11.4 Å². The number of hydrazine groups is 1. The Morgan fingerprint density at radius 1 is 1.22 bits per heavy atom. The first kappa shape index (κ1) is 17.1. The highest BCUT2D eigenvalue weighted by molar-refractivity contribution is 7.89. The van der Waals surface area contributed by atoms with E-state index in [0.29, 0.717) is 15.8 Å². The fraction of sp³-hybridized carbons (Fsp3) is 0.154. The van der Waals surface area contributed by atoms with E-state index in [1.54, 1.807) is 26.0 Å². The number of hydrogen-bond acceptors (Lipinski definition) is 6. The number of rotatable bonds is 3. The maximum Gasteiger partial charge on any atom is 0.281 e. The van der Waals surface area contributed by atoms with Crippen molar-refractivity contribution in [2.24, 2.45) is 16.6 Å². The van der Waals surface area contributed by atoms with Gasteiger partial charge in [0.15, 0.2) is 0 Å². The number of nitrogens with zero attached hydrogens (tertiary/aromatic N) is 4. The average Bonchev–Trinajstić information content (AvgIpc) is 2.45. The van der Waals surface area contributed by atoms with Crippen LogP contribution in [0.25, 0.3) is 0 Å². The predicted octanol–water partition coefficient (Wildman–Crippen LogP) is 1.26. The number of aromatic nitrogens is 2. The van der Waals surface area contributed by atoms with Crippen molar-refractivity contribution in [3.8, 4) is 0 Å². The summed E-state index contributed by atoms with van der Waals surface area (Å²) in [4.78, 5) is 11.8. The lowest BCUT2D eigenvalue weighted by molar-refractivity contribution is 0.530. The first-order valence-corrected chi connectivity index (χ1v) is 8.24. The Labute approximate surface area is 138 Å². The zero-order valence-corrected chi connectivity index (χ0v) is 14.0. The fourth-order valence-electron chi connectivity index (χ4n) is 1.79. The molecular formula is C13H15ClN6O2S. The van der Waals surface area contributed by atoms with Crippen molar-refractivity contribution < 1.29 is 8.42 Å². The molecule has 0 bridgehead atoms. The standard InChI is InChI=1S/C13H15ClN6O2S/c1-8-7-9(2)18-13(17-8)19-12(15)20(16)23(21,22)11-6-4-3-5-10(11)14/h3-7H,16H2,1-2H3,(H2,15,17,18,19). The van der Waals surface area contributed by atoms with Gasteiger partial charge < -0.3 is 5.73 Å². The van der Waals surface area contributed by atoms with E-state index in [2.05, 4.69) is 15.0 Å². The molecule has 4 N–H and O–H groups in total. The van der Waals surface area contributed by atoms with Gasteiger partial charge in [-0.25, -0.2) is 15.8 Å². The minimum Gasteiger partial charge on any atom is -0.367 e. The Hall–Kier alpha value is -2.23. The SMILES string of the molecule is Cc1cc(C)nc(N=C(N)N(N)S(=O)(=O)c2ccccc2Cl)n1. The minimum atomic E-state index is -4.14. The van der Waals surface area contributed by atoms with Crippen molar-refractivity contribution in [3.63, 3.8) is 0 Å². The first-order valence-electron chi connectivity index (χ1n) is 6.43. The molecule has 10 heteroatoms. The molecule has 0 saturated heterocycles. The van der Waals surface area contributed by atoms with Crippen LogP contribution in [0.4, 0.5) is 5.95 Å². The van der Waals surface area contributed by atoms with Crippen molar-refractivity contribution in [2.75, 3.05) is 0 Å². The lowest BCUT2D eigenvalue weighted by Crippen LogP contribution is -2.46. The summed E-state index contributed by atoms with van der Waals surface area (Å²) in [5, 5.41) is 0.0263. The third-order valence-corrected chi connectivity index (χ3v) is 4.84. The van der Waals surface area contributed by atoms with Crippen LogP contribution in [0.5, 0.6) is 0 Å². The van der Waals surface area contributed by atoms with Gasteiger partial charge in [-0.3, -0.25) is 0 Å². The average molecular weight is 355 g/mol. The number of aryl methyl sites for hydroxylation is 2. The second-order valence-electron chi connectivity index (χ2n) is 4.65. The van der Waals surface area contributed by atoms with E-state index >= 15 is 0 Å². The Kier molecular flexibility index (Phi) is 4.83. The number of sulfonamides is 1. The van der Waals surface area contributed by atoms with Gasteiger partial charge in [-0.05, 0) is 32.0 Å². The van der Waals surface area contributed by atoms with Crippen molar-refractivity contribution >= 4 is 33.5 Å². The van der Waals surface area contributed by atoms with Gasteiger partial charge in [0.25, 0.3) is 16.0 Å². The molecule has 122 valence electrons. The number of guanidine groups is 1. The lowest BCUT2D eigenvalue weighted by atomic mass is 10.4. The summed E-state index contributed by atoms with van der Waals surface area (Å²) in [5.41, 5.74) is 7.01. The molecule has 0 aliphatic carbocycles. The molecule has 1 aromatic heterocycles. The van der Waals surface area contributed by atoms with Gasteiger partial charge in [0.2, 0.25) is 5.96 Å². The summed E-state index contributed by atoms with van der Waals surface area (Å²) >= 11 is 5.89. The molecule has 0 amide bonds. The number of aliphatic imine (C=N–C) groups is 1. The van der Waals surface area contributed by atoms with E-state index in [1.807, 2.05) is 0 Å². The van der Waals surface area contributed by atoms with E-state index < -0.39 is 16.0 Å². The van der Waals surface area contributed by atoms with Crippen LogP contribution in [0.3, 0.4) is 0 Å². The van der Waals surface area contributed by atoms with Crippen LogP contribution in [0, 0.1) is 13.8 Å². The zero-order chi connectivity index (χ0) is 17.2. The monoisotopic (exact) mass is 354 g/mol. The van der Waals surface area contributed by atoms with E-state index in [4.69, 9.17) is 23.2 Å². The van der Waals surface area contributed by atoms with Gasteiger partial charge in [0, 0.05) is 11.4 Å². The molecule has 2 aromatic rings. The van der Waals surface area contributed by atoms with E-state index in [0.717, 1.165) is 0 Å². The maximum atomic E-state index is 12.4. The zero-order valence-electron chi connectivity index (χ0n) is 12.4. The lowest BCUT2D eigenvalue weighted by Gasteiger charge is -2.17.